The molecule has 0 aromatic heterocycles. The first-order valence-electron chi connectivity index (χ1n) is 9.97. The Kier molecular flexibility index (Phi) is 30.3. The van der Waals surface area contributed by atoms with Gasteiger partial charge in [-0.2, -0.15) is 0 Å². The minimum absolute atomic E-state index is 0. The number of hydrogen-bond acceptors (Lipinski definition) is 6. The molecule has 6 N–H and O–H groups in total. The Morgan fingerprint density at radius 3 is 1.24 bits per heavy atom. The van der Waals surface area contributed by atoms with E-state index in [9.17, 15) is 0 Å². The van der Waals surface area contributed by atoms with E-state index < -0.39 is 0 Å². The van der Waals surface area contributed by atoms with Gasteiger partial charge in [0.25, 0.3) is 0 Å². The summed E-state index contributed by atoms with van der Waals surface area (Å²) in [4.78, 5) is 0. The fraction of sp³-hybridized carbons (Fsp3) is 1.00. The van der Waals surface area contributed by atoms with Gasteiger partial charge in [-0.1, -0.05) is 60.1 Å². The predicted octanol–water partition coefficient (Wildman–Crippen LogP) is 3.79. The maximum atomic E-state index is 5.49. The summed E-state index contributed by atoms with van der Waals surface area (Å²) in [6.45, 7) is 6.30. The molecule has 0 aromatic rings. The highest BCUT2D eigenvalue weighted by Gasteiger charge is 1.94. The Morgan fingerprint density at radius 2 is 0.840 bits per heavy atom. The molecule has 0 aliphatic heterocycles. The summed E-state index contributed by atoms with van der Waals surface area (Å²) in [7, 11) is 3.99. The third kappa shape index (κ3) is 27.2. The van der Waals surface area contributed by atoms with E-state index in [1.807, 2.05) is 21.6 Å². The molecular weight excluding hydrogens is 372 g/mol. The van der Waals surface area contributed by atoms with Crippen LogP contribution < -0.4 is 22.1 Å². The number of hydrogen-bond donors (Lipinski definition) is 4. The Hall–Kier alpha value is 0.830. The molecule has 0 spiro atoms. The van der Waals surface area contributed by atoms with Crippen molar-refractivity contribution < 1.29 is 0 Å². The largest absolute Gasteiger partial charge is 0.330 e. The van der Waals surface area contributed by atoms with Crippen LogP contribution in [0.4, 0.5) is 0 Å². The van der Waals surface area contributed by atoms with Crippen LogP contribution in [0.2, 0.25) is 0 Å². The average Bonchev–Trinajstić information content (AvgIpc) is 2.60. The van der Waals surface area contributed by atoms with Gasteiger partial charge < -0.3 is 22.1 Å². The first-order valence-corrected chi connectivity index (χ1v) is 12.5. The van der Waals surface area contributed by atoms with Gasteiger partial charge in [0.05, 0.1) is 0 Å². The van der Waals surface area contributed by atoms with Crippen LogP contribution >= 0.6 is 34.0 Å². The van der Waals surface area contributed by atoms with E-state index in [4.69, 9.17) is 11.5 Å². The molecule has 0 saturated carbocycles. The van der Waals surface area contributed by atoms with Crippen molar-refractivity contribution in [3.8, 4) is 0 Å². The number of rotatable bonds is 21. The second-order valence-electron chi connectivity index (χ2n) is 6.26. The van der Waals surface area contributed by atoms with E-state index in [0.717, 1.165) is 26.2 Å². The topological polar surface area (TPSA) is 76.1 Å². The van der Waals surface area contributed by atoms with Gasteiger partial charge in [-0.25, -0.2) is 0 Å². The maximum absolute atomic E-state index is 5.49. The van der Waals surface area contributed by atoms with Gasteiger partial charge in [-0.15, -0.1) is 12.4 Å². The van der Waals surface area contributed by atoms with Gasteiger partial charge in [0.15, 0.2) is 0 Å². The molecule has 0 atom stereocenters. The van der Waals surface area contributed by atoms with E-state index in [1.54, 1.807) is 0 Å². The summed E-state index contributed by atoms with van der Waals surface area (Å²) in [6.07, 6.45) is 12.9. The lowest BCUT2D eigenvalue weighted by atomic mass is 10.1. The molecule has 0 aliphatic carbocycles. The molecule has 7 heteroatoms. The predicted molar refractivity (Wildman–Crippen MR) is 122 cm³/mol. The molecule has 0 unspecified atom stereocenters. The molecule has 0 heterocycles. The monoisotopic (exact) mass is 414 g/mol. The fourth-order valence-electron chi connectivity index (χ4n) is 2.44. The summed E-state index contributed by atoms with van der Waals surface area (Å²) in [5, 5.41) is 7.07. The highest BCUT2D eigenvalue weighted by molar-refractivity contribution is 8.76. The van der Waals surface area contributed by atoms with Crippen molar-refractivity contribution in [2.24, 2.45) is 11.5 Å². The molecule has 154 valence electrons. The minimum Gasteiger partial charge on any atom is -0.330 e. The highest BCUT2D eigenvalue weighted by Crippen LogP contribution is 2.19. The first kappa shape index (κ1) is 28.0. The minimum atomic E-state index is 0. The number of unbranched alkanes of at least 4 members (excludes halogenated alkanes) is 8. The molecule has 0 aliphatic rings. The van der Waals surface area contributed by atoms with Crippen LogP contribution in [0.15, 0.2) is 0 Å². The standard InChI is InChI=1S/C18H42N4S2.ClH/c19-11-7-3-1-5-9-13-21-15-17-23-24-18-16-22-14-10-6-2-4-8-12-20;/h21-22H,1-20H2;1H. The third-order valence-corrected chi connectivity index (χ3v) is 6.33. The van der Waals surface area contributed by atoms with Gasteiger partial charge in [-0.05, 0) is 51.9 Å². The Labute approximate surface area is 171 Å². The molecule has 0 saturated heterocycles. The van der Waals surface area contributed by atoms with Gasteiger partial charge in [0, 0.05) is 24.6 Å². The van der Waals surface area contributed by atoms with Gasteiger partial charge >= 0.3 is 0 Å². The van der Waals surface area contributed by atoms with Crippen molar-refractivity contribution in [3.05, 3.63) is 0 Å². The molecule has 0 radical (unpaired) electrons. The molecule has 0 amide bonds. The summed E-state index contributed by atoms with van der Waals surface area (Å²) in [6, 6.07) is 0. The Bertz CT molecular complexity index is 205. The van der Waals surface area contributed by atoms with E-state index in [-0.39, 0.29) is 12.4 Å². The molecule has 0 rings (SSSR count). The van der Waals surface area contributed by atoms with Gasteiger partial charge in [-0.3, -0.25) is 0 Å². The third-order valence-electron chi connectivity index (χ3n) is 3.92. The lowest BCUT2D eigenvalue weighted by Crippen LogP contribution is -2.19. The van der Waals surface area contributed by atoms with Gasteiger partial charge in [0.2, 0.25) is 0 Å². The number of halogens is 1. The lowest BCUT2D eigenvalue weighted by Gasteiger charge is -2.06. The van der Waals surface area contributed by atoms with E-state index in [2.05, 4.69) is 10.6 Å². The molecular formula is C18H43ClN4S2. The summed E-state index contributed by atoms with van der Waals surface area (Å²) >= 11 is 0. The van der Waals surface area contributed by atoms with Crippen LogP contribution in [0, 0.1) is 0 Å². The van der Waals surface area contributed by atoms with Gasteiger partial charge in [0.1, 0.15) is 0 Å². The quantitative estimate of drug-likeness (QED) is 0.169. The smallest absolute Gasteiger partial charge is 0.0162 e. The first-order chi connectivity index (χ1) is 11.9. The van der Waals surface area contributed by atoms with Crippen LogP contribution in [0.25, 0.3) is 0 Å². The Morgan fingerprint density at radius 1 is 0.480 bits per heavy atom. The summed E-state index contributed by atoms with van der Waals surface area (Å²) < 4.78 is 0. The van der Waals surface area contributed by atoms with Crippen LogP contribution in [0.1, 0.15) is 64.2 Å². The second-order valence-corrected chi connectivity index (χ2v) is 8.96. The van der Waals surface area contributed by atoms with E-state index in [0.29, 0.717) is 0 Å². The van der Waals surface area contributed by atoms with Crippen molar-refractivity contribution >= 4 is 34.0 Å². The van der Waals surface area contributed by atoms with Crippen LogP contribution in [-0.2, 0) is 0 Å². The van der Waals surface area contributed by atoms with Crippen LogP contribution in [-0.4, -0.2) is 50.8 Å². The van der Waals surface area contributed by atoms with Crippen molar-refractivity contribution in [1.29, 1.82) is 0 Å². The Balaban J connectivity index is 0. The van der Waals surface area contributed by atoms with Crippen molar-refractivity contribution in [3.63, 3.8) is 0 Å². The highest BCUT2D eigenvalue weighted by atomic mass is 35.5. The molecule has 0 fully saturated rings. The van der Waals surface area contributed by atoms with Crippen molar-refractivity contribution in [1.82, 2.24) is 10.6 Å². The van der Waals surface area contributed by atoms with Crippen LogP contribution in [0.5, 0.6) is 0 Å². The fourth-order valence-corrected chi connectivity index (χ4v) is 4.34. The van der Waals surface area contributed by atoms with E-state index in [1.165, 1.54) is 88.8 Å². The normalized spacial score (nSPS) is 10.8. The molecule has 25 heavy (non-hydrogen) atoms. The van der Waals surface area contributed by atoms with Crippen molar-refractivity contribution in [2.45, 2.75) is 64.2 Å². The average molecular weight is 415 g/mol. The lowest BCUT2D eigenvalue weighted by molar-refractivity contribution is 0.587. The molecule has 0 bridgehead atoms. The zero-order chi connectivity index (χ0) is 17.6. The second kappa shape index (κ2) is 27.1. The molecule has 4 nitrogen and oxygen atoms in total. The number of nitrogens with one attached hydrogen (secondary N) is 2. The SMILES string of the molecule is Cl.NCCCCCCCNCCSSCCNCCCCCCCN. The summed E-state index contributed by atoms with van der Waals surface area (Å²) in [5.41, 5.74) is 11.0. The van der Waals surface area contributed by atoms with Crippen LogP contribution in [0.3, 0.4) is 0 Å². The zero-order valence-corrected chi connectivity index (χ0v) is 18.6. The number of nitrogens with two attached hydrogens (primary N) is 2. The van der Waals surface area contributed by atoms with Crippen molar-refractivity contribution in [2.75, 3.05) is 50.8 Å². The maximum Gasteiger partial charge on any atom is 0.0162 e. The zero-order valence-electron chi connectivity index (χ0n) is 16.1. The van der Waals surface area contributed by atoms with E-state index >= 15 is 0 Å². The summed E-state index contributed by atoms with van der Waals surface area (Å²) in [5.74, 6) is 2.41. The molecule has 0 aromatic carbocycles.